The van der Waals surface area contributed by atoms with Crippen LogP contribution in [0.2, 0.25) is 0 Å². The summed E-state index contributed by atoms with van der Waals surface area (Å²) in [7, 11) is 3.98. The van der Waals surface area contributed by atoms with Crippen LogP contribution in [0.4, 0.5) is 5.13 Å². The lowest BCUT2D eigenvalue weighted by molar-refractivity contribution is 0.341. The number of fused-ring (bicyclic) bond motifs is 1. The summed E-state index contributed by atoms with van der Waals surface area (Å²) < 4.78 is 7.85. The number of aryl methyl sites for hydroxylation is 1. The van der Waals surface area contributed by atoms with Crippen LogP contribution in [0.5, 0.6) is 5.75 Å². The molecule has 0 spiro atoms. The quantitative estimate of drug-likeness (QED) is 0.790. The number of anilines is 1. The van der Waals surface area contributed by atoms with Crippen molar-refractivity contribution in [2.75, 3.05) is 19.0 Å². The van der Waals surface area contributed by atoms with Gasteiger partial charge < -0.3 is 14.6 Å². The third kappa shape index (κ3) is 2.27. The molecule has 1 N–H and O–H groups in total. The van der Waals surface area contributed by atoms with Crippen LogP contribution in [-0.2, 0) is 7.05 Å². The average molecular weight is 301 g/mol. The van der Waals surface area contributed by atoms with E-state index in [0.717, 1.165) is 16.6 Å². The van der Waals surface area contributed by atoms with Gasteiger partial charge in [0.15, 0.2) is 5.13 Å². The summed E-state index contributed by atoms with van der Waals surface area (Å²) in [4.78, 5) is 4.65. The fraction of sp³-hybridized carbons (Fsp3) is 0.312. The zero-order chi connectivity index (χ0) is 15.0. The number of nitrogens with one attached hydrogen (secondary N) is 1. The molecule has 0 bridgehead atoms. The van der Waals surface area contributed by atoms with Crippen molar-refractivity contribution in [1.29, 1.82) is 0 Å². The number of aromatic nitrogens is 2. The summed E-state index contributed by atoms with van der Waals surface area (Å²) in [5, 5.41) is 7.32. The number of benzene rings is 1. The molecule has 1 aromatic carbocycles. The lowest BCUT2D eigenvalue weighted by Crippen LogP contribution is -1.92. The fourth-order valence-electron chi connectivity index (χ4n) is 2.63. The van der Waals surface area contributed by atoms with Crippen LogP contribution in [0.3, 0.4) is 0 Å². The van der Waals surface area contributed by atoms with Gasteiger partial charge >= 0.3 is 0 Å². The summed E-state index contributed by atoms with van der Waals surface area (Å²) in [6.07, 6.45) is 0. The summed E-state index contributed by atoms with van der Waals surface area (Å²) in [5.41, 5.74) is 4.62. The van der Waals surface area contributed by atoms with Gasteiger partial charge in [-0.15, -0.1) is 11.3 Å². The second-order valence-corrected chi connectivity index (χ2v) is 5.78. The van der Waals surface area contributed by atoms with Crippen molar-refractivity contribution in [3.05, 3.63) is 29.3 Å². The third-order valence-electron chi connectivity index (χ3n) is 3.75. The Labute approximate surface area is 128 Å². The van der Waals surface area contributed by atoms with Gasteiger partial charge in [-0.25, -0.2) is 4.98 Å². The predicted molar refractivity (Wildman–Crippen MR) is 89.5 cm³/mol. The number of hydrogen-bond donors (Lipinski definition) is 1. The zero-order valence-electron chi connectivity index (χ0n) is 12.7. The van der Waals surface area contributed by atoms with E-state index in [2.05, 4.69) is 46.4 Å². The number of nitrogens with zero attached hydrogens (tertiary/aromatic N) is 2. The van der Waals surface area contributed by atoms with E-state index in [-0.39, 0.29) is 0 Å². The highest BCUT2D eigenvalue weighted by Crippen LogP contribution is 2.37. The van der Waals surface area contributed by atoms with Gasteiger partial charge in [0.05, 0.1) is 12.3 Å². The first-order valence-electron chi connectivity index (χ1n) is 7.01. The lowest BCUT2D eigenvalue weighted by Gasteiger charge is -2.03. The summed E-state index contributed by atoms with van der Waals surface area (Å²) >= 11 is 1.62. The summed E-state index contributed by atoms with van der Waals surface area (Å²) in [5.74, 6) is 0.904. The highest BCUT2D eigenvalue weighted by molar-refractivity contribution is 7.14. The van der Waals surface area contributed by atoms with Gasteiger partial charge in [-0.2, -0.15) is 0 Å². The Morgan fingerprint density at radius 3 is 2.86 bits per heavy atom. The van der Waals surface area contributed by atoms with Crippen LogP contribution in [0.15, 0.2) is 23.6 Å². The fourth-order valence-corrected chi connectivity index (χ4v) is 3.30. The van der Waals surface area contributed by atoms with Crippen LogP contribution < -0.4 is 10.1 Å². The zero-order valence-corrected chi connectivity index (χ0v) is 13.5. The molecule has 0 unspecified atom stereocenters. The largest absolute Gasteiger partial charge is 0.494 e. The predicted octanol–water partition coefficient (Wildman–Crippen LogP) is 4.05. The van der Waals surface area contributed by atoms with Crippen LogP contribution in [0.1, 0.15) is 12.6 Å². The maximum absolute atomic E-state index is 5.64. The monoisotopic (exact) mass is 301 g/mol. The second-order valence-electron chi connectivity index (χ2n) is 4.92. The number of thiazole rings is 1. The molecule has 2 heterocycles. The molecule has 0 atom stereocenters. The molecular formula is C16H19N3OS. The van der Waals surface area contributed by atoms with Crippen LogP contribution in [0.25, 0.3) is 22.2 Å². The van der Waals surface area contributed by atoms with Gasteiger partial charge in [-0.1, -0.05) is 0 Å². The molecule has 0 aliphatic carbocycles. The molecule has 0 aliphatic heterocycles. The van der Waals surface area contributed by atoms with Crippen LogP contribution in [-0.4, -0.2) is 23.2 Å². The molecule has 110 valence electrons. The minimum Gasteiger partial charge on any atom is -0.494 e. The first-order chi connectivity index (χ1) is 10.2. The molecule has 4 nitrogen and oxygen atoms in total. The van der Waals surface area contributed by atoms with Gasteiger partial charge in [0, 0.05) is 41.6 Å². The van der Waals surface area contributed by atoms with Gasteiger partial charge in [-0.3, -0.25) is 0 Å². The maximum atomic E-state index is 5.64. The first-order valence-corrected chi connectivity index (χ1v) is 7.89. The topological polar surface area (TPSA) is 39.1 Å². The molecule has 0 amide bonds. The van der Waals surface area contributed by atoms with Crippen LogP contribution >= 0.6 is 11.3 Å². The molecule has 3 aromatic rings. The lowest BCUT2D eigenvalue weighted by atomic mass is 10.1. The molecule has 0 aliphatic rings. The van der Waals surface area contributed by atoms with E-state index in [1.807, 2.05) is 20.0 Å². The van der Waals surface area contributed by atoms with Crippen molar-refractivity contribution in [2.24, 2.45) is 7.05 Å². The Morgan fingerprint density at radius 1 is 1.38 bits per heavy atom. The molecule has 2 aromatic heterocycles. The van der Waals surface area contributed by atoms with Crippen molar-refractivity contribution in [3.63, 3.8) is 0 Å². The number of ether oxygens (including phenoxy) is 1. The highest BCUT2D eigenvalue weighted by Gasteiger charge is 2.16. The average Bonchev–Trinajstić information content (AvgIpc) is 3.04. The summed E-state index contributed by atoms with van der Waals surface area (Å²) in [6, 6.07) is 6.25. The van der Waals surface area contributed by atoms with Crippen molar-refractivity contribution in [3.8, 4) is 17.0 Å². The summed E-state index contributed by atoms with van der Waals surface area (Å²) in [6.45, 7) is 4.81. The Kier molecular flexibility index (Phi) is 3.59. The molecule has 5 heteroatoms. The molecule has 21 heavy (non-hydrogen) atoms. The van der Waals surface area contributed by atoms with E-state index < -0.39 is 0 Å². The van der Waals surface area contributed by atoms with Crippen molar-refractivity contribution >= 4 is 27.4 Å². The van der Waals surface area contributed by atoms with E-state index in [9.17, 15) is 0 Å². The maximum Gasteiger partial charge on any atom is 0.182 e. The Hall–Kier alpha value is -2.01. The second kappa shape index (κ2) is 5.41. The molecule has 0 fully saturated rings. The SMILES string of the molecule is CCOc1ccc2c(c1)c(-c1csc(NC)n1)c(C)n2C. The van der Waals surface area contributed by atoms with E-state index in [4.69, 9.17) is 4.74 Å². The number of rotatable bonds is 4. The first kappa shape index (κ1) is 13.9. The van der Waals surface area contributed by atoms with Crippen molar-refractivity contribution in [1.82, 2.24) is 9.55 Å². The van der Waals surface area contributed by atoms with E-state index in [1.54, 1.807) is 11.3 Å². The standard InChI is InChI=1S/C16H19N3OS/c1-5-20-11-6-7-14-12(8-11)15(10(2)19(14)4)13-9-21-16(17-3)18-13/h6-9H,5H2,1-4H3,(H,17,18). The molecule has 3 rings (SSSR count). The minimum atomic E-state index is 0.674. The van der Waals surface area contributed by atoms with Crippen molar-refractivity contribution in [2.45, 2.75) is 13.8 Å². The highest BCUT2D eigenvalue weighted by atomic mass is 32.1. The van der Waals surface area contributed by atoms with Gasteiger partial charge in [0.25, 0.3) is 0 Å². The normalized spacial score (nSPS) is 11.0. The van der Waals surface area contributed by atoms with E-state index in [0.29, 0.717) is 6.61 Å². The van der Waals surface area contributed by atoms with Crippen molar-refractivity contribution < 1.29 is 4.74 Å². The van der Waals surface area contributed by atoms with Gasteiger partial charge in [-0.05, 0) is 32.0 Å². The molecular weight excluding hydrogens is 282 g/mol. The molecule has 0 saturated heterocycles. The Balaban J connectivity index is 2.24. The minimum absolute atomic E-state index is 0.674. The molecule has 0 radical (unpaired) electrons. The Morgan fingerprint density at radius 2 is 2.19 bits per heavy atom. The van der Waals surface area contributed by atoms with Crippen LogP contribution in [0, 0.1) is 6.92 Å². The van der Waals surface area contributed by atoms with E-state index >= 15 is 0 Å². The van der Waals surface area contributed by atoms with Gasteiger partial charge in [0.1, 0.15) is 5.75 Å². The Bertz CT molecular complexity index is 788. The molecule has 0 saturated carbocycles. The van der Waals surface area contributed by atoms with Gasteiger partial charge in [0.2, 0.25) is 0 Å². The number of hydrogen-bond acceptors (Lipinski definition) is 4. The third-order valence-corrected chi connectivity index (χ3v) is 4.61. The van der Waals surface area contributed by atoms with E-state index in [1.165, 1.54) is 22.2 Å². The smallest absolute Gasteiger partial charge is 0.182 e.